The fraction of sp³-hybridized carbons (Fsp3) is 0.472. The number of pyridine rings is 2. The number of esters is 2. The van der Waals surface area contributed by atoms with Gasteiger partial charge in [0.15, 0.2) is 0 Å². The monoisotopic (exact) mass is 2080 g/mol. The highest BCUT2D eigenvalue weighted by molar-refractivity contribution is 7.92. The van der Waals surface area contributed by atoms with Gasteiger partial charge in [-0.2, -0.15) is 0 Å². The zero-order valence-electron chi connectivity index (χ0n) is 83.5. The summed E-state index contributed by atoms with van der Waals surface area (Å²) >= 11 is 4.98. The number of nitrogens with one attached hydrogen (secondary N) is 5. The van der Waals surface area contributed by atoms with Crippen LogP contribution < -0.4 is 50.1 Å². The Morgan fingerprint density at radius 3 is 1.19 bits per heavy atom. The first kappa shape index (κ1) is 112. The lowest BCUT2D eigenvalue weighted by molar-refractivity contribution is -0.156. The first-order valence-corrected chi connectivity index (χ1v) is 51.6. The standard InChI is InChI=1S/C50H57N5O11S.C43H49N5O7S.C7H9ClO4.C6H15N.2ClH/c1-7-33-29-50(33,44(58)54-67(61,62)48(21-22-48)28-31-15-11-9-12-16-31)53-42(56)39-26-35(65-40-27-37(32-17-13-10-14-18-32)51-38-25-34(63-6)19-20-36(38)40)30-55(39)43(57)41(47(3,4)5)52-46(60)66-49(23-24-49)45(59)64-8-2;1-6-29-25-43(29,40(51)47-56(52,53)42(19-20-42)24-27-13-9-7-10-14-27)46-38(49)35-22-31(26-48(35)39(50)37(44)41(2,3)4)55-36-23-33(28-15-11-8-12-16-28)45-34-21-30(54-5)17-18-32(34)36;1-2-11-5(9)7(3-4-7)12-6(8)10;1-4-7(5-2)6-3;;/h7,9-20,25,27,33,35,39,41H,1,8,21-24,26,28-30H2,2-6H3,(H,52,60)(H,53,56)(H,54,58);6-18,21,23,29,31,35,37H,1,19-20,22,24-26,44H2,2-5H3,(H,46,49)(H,47,51);2-4H2,1H3;4-6H2,1-3H3;2*1H/t33-,35-,39+,41-,50-;29-,31-,35+,37-,43-;;;;/m11..../s1. The lowest BCUT2D eigenvalue weighted by atomic mass is 9.85. The number of benzene rings is 6. The molecule has 0 bridgehead atoms. The average Bonchev–Trinajstić information content (AvgIpc) is 1.56. The van der Waals surface area contributed by atoms with Crippen LogP contribution in [0.3, 0.4) is 0 Å². The third kappa shape index (κ3) is 25.7. The minimum Gasteiger partial charge on any atom is -0.497 e. The second-order valence-corrected chi connectivity index (χ2v) is 44.1. The summed E-state index contributed by atoms with van der Waals surface area (Å²) in [5.41, 5.74) is 4.06. The molecule has 144 heavy (non-hydrogen) atoms. The summed E-state index contributed by atoms with van der Waals surface area (Å²) in [6.07, 6.45) is 4.40. The number of methoxy groups -OCH3 is 2. The molecule has 0 radical (unpaired) electrons. The van der Waals surface area contributed by atoms with Gasteiger partial charge in [0.05, 0.1) is 78.5 Å². The quantitative estimate of drug-likeness (QED) is 0.00919. The summed E-state index contributed by atoms with van der Waals surface area (Å²) in [7, 11) is -5.19. The SMILES string of the molecule is C=C[C@@H]1C[C@]1(NC(=O)[C@@H]1C[C@@H](Oc2cc(-c3ccccc3)nc3cc(OC)ccc23)CN1C(=O)[C@@H](N)C(C)(C)C)C(=O)NS(=O)(=O)C1(Cc2ccccc2)CC1.C=C[C@@H]1C[C@]1(NC(=O)[C@@H]1C[C@@H](Oc2cc(-c3ccccc3)nc3cc(OC)ccc23)CN1C(=O)[C@@H](NC(=O)OC1(C(=O)OCC)CC1)C(C)(C)C)C(=O)NS(=O)(=O)C1(Cc2ccccc2)CC1.CCN(CC)CC.CCOC(=O)C1(OC(=O)Cl)CC1.Cl.Cl. The molecule has 8 aromatic rings. The van der Waals surface area contributed by atoms with E-state index in [4.69, 9.17) is 60.5 Å². The zero-order valence-corrected chi connectivity index (χ0v) is 87.5. The Hall–Kier alpha value is -12.0. The van der Waals surface area contributed by atoms with Crippen LogP contribution in [0.4, 0.5) is 9.59 Å². The minimum atomic E-state index is -4.21. The van der Waals surface area contributed by atoms with Gasteiger partial charge in [0.2, 0.25) is 54.9 Å². The van der Waals surface area contributed by atoms with Gasteiger partial charge in [-0.05, 0) is 131 Å². The normalized spacial score (nSPS) is 21.6. The van der Waals surface area contributed by atoms with Gasteiger partial charge in [-0.3, -0.25) is 38.2 Å². The number of carbonyl (C=O) groups excluding carboxylic acids is 10. The van der Waals surface area contributed by atoms with Crippen molar-refractivity contribution < 1.29 is 103 Å². The van der Waals surface area contributed by atoms with Crippen molar-refractivity contribution in [3.63, 3.8) is 0 Å². The molecule has 38 heteroatoms. The first-order chi connectivity index (χ1) is 67.4. The van der Waals surface area contributed by atoms with Crippen molar-refractivity contribution in [3.8, 4) is 45.5 Å². The summed E-state index contributed by atoms with van der Waals surface area (Å²) in [4.78, 5) is 149. The number of aromatic nitrogens is 2. The van der Waals surface area contributed by atoms with Crippen LogP contribution in [0.1, 0.15) is 164 Å². The predicted octanol–water partition coefficient (Wildman–Crippen LogP) is 14.3. The van der Waals surface area contributed by atoms with Crippen molar-refractivity contribution in [2.45, 2.75) is 234 Å². The Morgan fingerprint density at radius 1 is 0.514 bits per heavy atom. The molecule has 2 saturated heterocycles. The number of fused-ring (bicyclic) bond motifs is 2. The van der Waals surface area contributed by atoms with Crippen LogP contribution in [0.25, 0.3) is 44.3 Å². The van der Waals surface area contributed by atoms with E-state index in [0.29, 0.717) is 94.7 Å². The van der Waals surface area contributed by atoms with Crippen LogP contribution in [0.2, 0.25) is 0 Å². The van der Waals surface area contributed by atoms with Crippen molar-refractivity contribution >= 4 is 137 Å². The van der Waals surface area contributed by atoms with Gasteiger partial charge < -0.3 is 74.3 Å². The molecule has 7 N–H and O–H groups in total. The molecule has 8 fully saturated rings. The summed E-state index contributed by atoms with van der Waals surface area (Å²) in [5.74, 6) is -4.32. The number of halogens is 3. The highest BCUT2D eigenvalue weighted by atomic mass is 35.5. The zero-order chi connectivity index (χ0) is 103. The molecule has 776 valence electrons. The lowest BCUT2D eigenvalue weighted by Gasteiger charge is -2.35. The number of rotatable bonds is 36. The molecule has 2 aromatic heterocycles. The van der Waals surface area contributed by atoms with Crippen molar-refractivity contribution in [3.05, 3.63) is 206 Å². The Kier molecular flexibility index (Phi) is 36.0. The minimum absolute atomic E-state index is 0. The number of nitrogens with zero attached hydrogens (tertiary/aromatic N) is 5. The number of carbonyl (C=O) groups is 10. The molecular formula is C106H132Cl3N11O22S2. The second kappa shape index (κ2) is 46.2. The fourth-order valence-corrected chi connectivity index (χ4v) is 21.4. The van der Waals surface area contributed by atoms with Gasteiger partial charge >= 0.3 is 23.5 Å². The molecule has 4 heterocycles. The van der Waals surface area contributed by atoms with Crippen LogP contribution in [-0.4, -0.2) is 229 Å². The van der Waals surface area contributed by atoms with E-state index >= 15 is 4.79 Å². The molecule has 0 spiro atoms. The van der Waals surface area contributed by atoms with E-state index in [-0.39, 0.29) is 102 Å². The van der Waals surface area contributed by atoms with E-state index < -0.39 is 170 Å². The smallest absolute Gasteiger partial charge is 0.408 e. The maximum atomic E-state index is 15.0. The molecule has 2 aliphatic heterocycles. The third-order valence-corrected chi connectivity index (χ3v) is 32.0. The second-order valence-electron chi connectivity index (χ2n) is 39.6. The number of alkyl carbamates (subject to hydrolysis) is 1. The third-order valence-electron chi connectivity index (χ3n) is 27.6. The van der Waals surface area contributed by atoms with Crippen molar-refractivity contribution in [2.75, 3.05) is 60.2 Å². The summed E-state index contributed by atoms with van der Waals surface area (Å²) < 4.78 is 102. The lowest BCUT2D eigenvalue weighted by Crippen LogP contribution is -2.60. The van der Waals surface area contributed by atoms with Gasteiger partial charge in [0.25, 0.3) is 11.8 Å². The number of hydrogen-bond donors (Lipinski definition) is 6. The van der Waals surface area contributed by atoms with Gasteiger partial charge in [-0.1, -0.05) is 196 Å². The molecule has 33 nitrogen and oxygen atoms in total. The van der Waals surface area contributed by atoms with E-state index in [1.165, 1.54) is 41.6 Å². The van der Waals surface area contributed by atoms with E-state index in [1.807, 2.05) is 172 Å². The van der Waals surface area contributed by atoms with Crippen LogP contribution in [0, 0.1) is 22.7 Å². The molecule has 0 unspecified atom stereocenters. The highest BCUT2D eigenvalue weighted by Crippen LogP contribution is 2.52. The Labute approximate surface area is 858 Å². The van der Waals surface area contributed by atoms with E-state index in [0.717, 1.165) is 22.3 Å². The van der Waals surface area contributed by atoms with E-state index in [1.54, 1.807) is 67.0 Å². The number of nitrogens with two attached hydrogens (primary N) is 1. The van der Waals surface area contributed by atoms with Gasteiger partial charge in [-0.25, -0.2) is 46.0 Å². The summed E-state index contributed by atoms with van der Waals surface area (Å²) in [5, 5.41) is 9.76. The topological polar surface area (TPSA) is 434 Å². The Balaban J connectivity index is 0.000000231. The van der Waals surface area contributed by atoms with Crippen LogP contribution >= 0.6 is 36.4 Å². The molecule has 6 aromatic carbocycles. The van der Waals surface area contributed by atoms with Gasteiger partial charge in [-0.15, -0.1) is 38.0 Å². The van der Waals surface area contributed by atoms with Crippen molar-refractivity contribution in [2.24, 2.45) is 28.4 Å². The van der Waals surface area contributed by atoms with E-state index in [2.05, 4.69) is 69.0 Å². The van der Waals surface area contributed by atoms with Crippen molar-refractivity contribution in [1.82, 2.24) is 50.1 Å². The number of amides is 7. The molecular weight excluding hydrogens is 1950 g/mol. The average molecular weight is 2080 g/mol. The van der Waals surface area contributed by atoms with Gasteiger partial charge in [0, 0.05) is 108 Å². The van der Waals surface area contributed by atoms with Crippen LogP contribution in [0.15, 0.2) is 195 Å². The molecule has 6 saturated carbocycles. The van der Waals surface area contributed by atoms with Crippen LogP contribution in [0.5, 0.6) is 23.0 Å². The predicted molar refractivity (Wildman–Crippen MR) is 551 cm³/mol. The number of ether oxygens (including phenoxy) is 8. The largest absolute Gasteiger partial charge is 0.497 e. The molecule has 16 rings (SSSR count). The van der Waals surface area contributed by atoms with E-state index in [9.17, 15) is 60.0 Å². The molecule has 7 amide bonds. The fourth-order valence-electron chi connectivity index (χ4n) is 18.0. The number of sulfonamides is 2. The van der Waals surface area contributed by atoms with Crippen LogP contribution in [-0.2, 0) is 90.2 Å². The molecule has 10 atom stereocenters. The maximum absolute atomic E-state index is 15.0. The Bertz CT molecular complexity index is 6260. The van der Waals surface area contributed by atoms with Crippen molar-refractivity contribution in [1.29, 1.82) is 0 Å². The Morgan fingerprint density at radius 2 is 0.882 bits per heavy atom. The first-order valence-electron chi connectivity index (χ1n) is 48.2. The highest BCUT2D eigenvalue weighted by Gasteiger charge is 2.67. The number of hydrogen-bond acceptors (Lipinski definition) is 26. The molecule has 6 aliphatic carbocycles. The van der Waals surface area contributed by atoms with Gasteiger partial charge in [0.1, 0.15) is 64.4 Å². The number of likely N-dealkylation sites (tertiary alicyclic amines) is 2. The summed E-state index contributed by atoms with van der Waals surface area (Å²) in [6.45, 7) is 32.2. The molecule has 8 aliphatic rings. The summed E-state index contributed by atoms with van der Waals surface area (Å²) in [6, 6.07) is 47.5. The maximum Gasteiger partial charge on any atom is 0.408 e.